The highest BCUT2D eigenvalue weighted by Gasteiger charge is 2.21. The van der Waals surface area contributed by atoms with Crippen LogP contribution in [0.3, 0.4) is 0 Å². The zero-order valence-electron chi connectivity index (χ0n) is 11.6. The van der Waals surface area contributed by atoms with Gasteiger partial charge in [0.25, 0.3) is 0 Å². The van der Waals surface area contributed by atoms with E-state index in [1.165, 1.54) is 0 Å². The van der Waals surface area contributed by atoms with Gasteiger partial charge in [0, 0.05) is 13.6 Å². The van der Waals surface area contributed by atoms with Crippen molar-refractivity contribution in [3.63, 3.8) is 0 Å². The molecular formula is C12H19N5OS. The molecule has 2 rings (SSSR count). The van der Waals surface area contributed by atoms with E-state index in [4.69, 9.17) is 12.2 Å². The molecule has 19 heavy (non-hydrogen) atoms. The molecule has 2 N–H and O–H groups in total. The Kier molecular flexibility index (Phi) is 3.75. The van der Waals surface area contributed by atoms with Crippen LogP contribution in [0.5, 0.6) is 0 Å². The molecule has 2 aromatic rings. The Balaban J connectivity index is 2.47. The lowest BCUT2D eigenvalue weighted by molar-refractivity contribution is -0.123. The van der Waals surface area contributed by atoms with Gasteiger partial charge in [-0.1, -0.05) is 6.92 Å². The van der Waals surface area contributed by atoms with Gasteiger partial charge in [0.2, 0.25) is 5.91 Å². The highest BCUT2D eigenvalue weighted by Crippen LogP contribution is 2.21. The molecule has 0 saturated heterocycles. The molecule has 0 bridgehead atoms. The number of aromatic nitrogens is 4. The van der Waals surface area contributed by atoms with E-state index in [-0.39, 0.29) is 11.9 Å². The third-order valence-corrected chi connectivity index (χ3v) is 3.49. The zero-order valence-corrected chi connectivity index (χ0v) is 12.5. The summed E-state index contributed by atoms with van der Waals surface area (Å²) < 4.78 is 4.11. The van der Waals surface area contributed by atoms with Crippen molar-refractivity contribution in [1.82, 2.24) is 24.6 Å². The van der Waals surface area contributed by atoms with Crippen LogP contribution >= 0.6 is 12.2 Å². The molecule has 1 unspecified atom stereocenters. The number of aryl methyl sites for hydroxylation is 2. The maximum absolute atomic E-state index is 12.1. The second-order valence-electron chi connectivity index (χ2n) is 4.67. The van der Waals surface area contributed by atoms with Crippen LogP contribution in [0.15, 0.2) is 0 Å². The van der Waals surface area contributed by atoms with Gasteiger partial charge in [0.15, 0.2) is 10.4 Å². The van der Waals surface area contributed by atoms with Crippen LogP contribution in [-0.2, 0) is 11.8 Å². The van der Waals surface area contributed by atoms with E-state index < -0.39 is 0 Å². The van der Waals surface area contributed by atoms with Crippen molar-refractivity contribution in [2.24, 2.45) is 7.05 Å². The first-order valence-corrected chi connectivity index (χ1v) is 6.79. The van der Waals surface area contributed by atoms with Crippen LogP contribution in [0.1, 0.15) is 32.0 Å². The van der Waals surface area contributed by atoms with E-state index in [2.05, 4.69) is 15.4 Å². The first kappa shape index (κ1) is 13.8. The van der Waals surface area contributed by atoms with E-state index in [9.17, 15) is 4.79 Å². The number of amides is 1. The Morgan fingerprint density at radius 2 is 2.26 bits per heavy atom. The summed E-state index contributed by atoms with van der Waals surface area (Å²) in [5.41, 5.74) is 2.62. The van der Waals surface area contributed by atoms with Crippen molar-refractivity contribution in [1.29, 1.82) is 0 Å². The number of imidazole rings is 1. The number of nitrogens with one attached hydrogen (secondary N) is 2. The average molecular weight is 281 g/mol. The van der Waals surface area contributed by atoms with Crippen LogP contribution in [-0.4, -0.2) is 31.8 Å². The van der Waals surface area contributed by atoms with Crippen LogP contribution in [0.25, 0.3) is 11.2 Å². The van der Waals surface area contributed by atoms with Gasteiger partial charge in [-0.25, -0.2) is 0 Å². The van der Waals surface area contributed by atoms with Gasteiger partial charge in [-0.3, -0.25) is 14.0 Å². The Bertz CT molecular complexity index is 665. The minimum atomic E-state index is -0.359. The summed E-state index contributed by atoms with van der Waals surface area (Å²) in [6, 6.07) is -0.359. The monoisotopic (exact) mass is 281 g/mol. The summed E-state index contributed by atoms with van der Waals surface area (Å²) >= 11 is 5.32. The van der Waals surface area contributed by atoms with E-state index >= 15 is 0 Å². The average Bonchev–Trinajstić information content (AvgIpc) is 2.84. The molecule has 0 aromatic carbocycles. The molecule has 0 radical (unpaired) electrons. The summed E-state index contributed by atoms with van der Waals surface area (Å²) in [4.78, 5) is 15.2. The van der Waals surface area contributed by atoms with Crippen LogP contribution in [0, 0.1) is 11.7 Å². The maximum atomic E-state index is 12.1. The number of hydrogen-bond acceptors (Lipinski definition) is 3. The smallest absolute Gasteiger partial charge is 0.242 e. The predicted octanol–water partition coefficient (Wildman–Crippen LogP) is 1.83. The highest BCUT2D eigenvalue weighted by atomic mass is 32.1. The zero-order chi connectivity index (χ0) is 14.2. The van der Waals surface area contributed by atoms with E-state index in [0.29, 0.717) is 11.3 Å². The van der Waals surface area contributed by atoms with Crippen molar-refractivity contribution in [2.75, 3.05) is 6.54 Å². The van der Waals surface area contributed by atoms with Gasteiger partial charge in [-0.15, -0.1) is 0 Å². The van der Waals surface area contributed by atoms with Crippen molar-refractivity contribution < 1.29 is 4.79 Å². The second kappa shape index (κ2) is 5.16. The third-order valence-electron chi connectivity index (χ3n) is 3.19. The first-order chi connectivity index (χ1) is 8.97. The molecule has 0 aliphatic rings. The van der Waals surface area contributed by atoms with Crippen LogP contribution in [0.2, 0.25) is 0 Å². The van der Waals surface area contributed by atoms with E-state index in [1.54, 1.807) is 4.68 Å². The lowest BCUT2D eigenvalue weighted by atomic mass is 10.3. The quantitative estimate of drug-likeness (QED) is 0.840. The van der Waals surface area contributed by atoms with Gasteiger partial charge in [0.05, 0.1) is 5.69 Å². The molecule has 1 atom stereocenters. The van der Waals surface area contributed by atoms with Gasteiger partial charge < -0.3 is 10.3 Å². The number of aromatic amines is 1. The molecule has 2 heterocycles. The van der Waals surface area contributed by atoms with Crippen molar-refractivity contribution in [2.45, 2.75) is 33.2 Å². The van der Waals surface area contributed by atoms with E-state index in [1.807, 2.05) is 32.4 Å². The molecule has 7 heteroatoms. The fraction of sp³-hybridized carbons (Fsp3) is 0.583. The molecule has 1 amide bonds. The molecule has 0 spiro atoms. The number of hydrogen-bond donors (Lipinski definition) is 2. The van der Waals surface area contributed by atoms with Gasteiger partial charge in [-0.2, -0.15) is 5.10 Å². The second-order valence-corrected chi connectivity index (χ2v) is 5.06. The minimum absolute atomic E-state index is 0.0299. The molecule has 0 saturated carbocycles. The SMILES string of the molecule is CCCNC(=O)C(C)n1c(=S)[nH]c2c(C)nn(C)c21. The van der Waals surface area contributed by atoms with Crippen molar-refractivity contribution >= 4 is 29.3 Å². The Morgan fingerprint density at radius 1 is 1.58 bits per heavy atom. The van der Waals surface area contributed by atoms with Crippen LogP contribution < -0.4 is 5.32 Å². The molecule has 0 aliphatic heterocycles. The van der Waals surface area contributed by atoms with E-state index in [0.717, 1.165) is 23.3 Å². The Morgan fingerprint density at radius 3 is 2.89 bits per heavy atom. The first-order valence-electron chi connectivity index (χ1n) is 6.38. The highest BCUT2D eigenvalue weighted by molar-refractivity contribution is 7.71. The summed E-state index contributed by atoms with van der Waals surface area (Å²) in [6.45, 7) is 6.46. The summed E-state index contributed by atoms with van der Waals surface area (Å²) in [5, 5.41) is 7.23. The Labute approximate surface area is 116 Å². The number of nitrogens with zero attached hydrogens (tertiary/aromatic N) is 3. The largest absolute Gasteiger partial charge is 0.354 e. The summed E-state index contributed by atoms with van der Waals surface area (Å²) in [5.74, 6) is -0.0299. The fourth-order valence-corrected chi connectivity index (χ4v) is 2.55. The Hall–Kier alpha value is -1.63. The van der Waals surface area contributed by atoms with Crippen molar-refractivity contribution in [3.05, 3.63) is 10.5 Å². The normalized spacial score (nSPS) is 12.8. The molecule has 2 aromatic heterocycles. The summed E-state index contributed by atoms with van der Waals surface area (Å²) in [7, 11) is 1.85. The molecule has 0 fully saturated rings. The number of carbonyl (C=O) groups excluding carboxylic acids is 1. The lowest BCUT2D eigenvalue weighted by Gasteiger charge is -2.14. The summed E-state index contributed by atoms with van der Waals surface area (Å²) in [6.07, 6.45) is 0.914. The van der Waals surface area contributed by atoms with Crippen LogP contribution in [0.4, 0.5) is 0 Å². The maximum Gasteiger partial charge on any atom is 0.242 e. The predicted molar refractivity (Wildman–Crippen MR) is 76.6 cm³/mol. The third kappa shape index (κ3) is 2.30. The standard InChI is InChI=1S/C12H19N5OS/c1-5-6-13-10(18)8(3)17-11-9(14-12(17)19)7(2)15-16(11)4/h8H,5-6H2,1-4H3,(H,13,18)(H,14,19). The molecule has 104 valence electrons. The van der Waals surface area contributed by atoms with Gasteiger partial charge in [0.1, 0.15) is 11.6 Å². The van der Waals surface area contributed by atoms with Crippen molar-refractivity contribution in [3.8, 4) is 0 Å². The molecular weight excluding hydrogens is 262 g/mol. The number of rotatable bonds is 4. The molecule has 6 nitrogen and oxygen atoms in total. The van der Waals surface area contributed by atoms with Gasteiger partial charge in [-0.05, 0) is 32.5 Å². The molecule has 0 aliphatic carbocycles. The fourth-order valence-electron chi connectivity index (χ4n) is 2.20. The lowest BCUT2D eigenvalue weighted by Crippen LogP contribution is -2.31. The number of H-pyrrole nitrogens is 1. The topological polar surface area (TPSA) is 67.6 Å². The number of carbonyl (C=O) groups is 1. The minimum Gasteiger partial charge on any atom is -0.354 e. The van der Waals surface area contributed by atoms with Gasteiger partial charge >= 0.3 is 0 Å². The number of fused-ring (bicyclic) bond motifs is 1.